The van der Waals surface area contributed by atoms with Gasteiger partial charge in [-0.3, -0.25) is 9.59 Å². The lowest BCUT2D eigenvalue weighted by Crippen LogP contribution is -2.24. The first kappa shape index (κ1) is 11.6. The lowest BCUT2D eigenvalue weighted by atomic mass is 9.96. The lowest BCUT2D eigenvalue weighted by molar-refractivity contribution is -0.140. The highest BCUT2D eigenvalue weighted by molar-refractivity contribution is 6.04. The monoisotopic (exact) mass is 233 g/mol. The molecule has 0 fully saturated rings. The number of carbonyl (C=O) groups excluding carboxylic acids is 2. The fourth-order valence-electron chi connectivity index (χ4n) is 2.22. The quantitative estimate of drug-likeness (QED) is 0.746. The van der Waals surface area contributed by atoms with Crippen LogP contribution in [0.3, 0.4) is 0 Å². The number of fused-ring (bicyclic) bond motifs is 1. The summed E-state index contributed by atoms with van der Waals surface area (Å²) in [6.45, 7) is 0. The molecule has 1 aromatic carbocycles. The van der Waals surface area contributed by atoms with E-state index in [0.717, 1.165) is 11.3 Å². The van der Waals surface area contributed by atoms with Crippen LogP contribution in [0.5, 0.6) is 0 Å². The SMILES string of the molecule is COC(=O)CCC1C(=O)N(C)c2ccccc21. The largest absolute Gasteiger partial charge is 0.469 e. The number of para-hydroxylation sites is 1. The number of hydrogen-bond donors (Lipinski definition) is 0. The van der Waals surface area contributed by atoms with Crippen LogP contribution in [-0.4, -0.2) is 26.0 Å². The van der Waals surface area contributed by atoms with Gasteiger partial charge in [-0.1, -0.05) is 18.2 Å². The molecule has 1 heterocycles. The van der Waals surface area contributed by atoms with Gasteiger partial charge in [0.15, 0.2) is 0 Å². The van der Waals surface area contributed by atoms with Crippen molar-refractivity contribution < 1.29 is 14.3 Å². The van der Waals surface area contributed by atoms with E-state index in [0.29, 0.717) is 6.42 Å². The molecule has 1 aliphatic rings. The highest BCUT2D eigenvalue weighted by atomic mass is 16.5. The van der Waals surface area contributed by atoms with Crippen molar-refractivity contribution in [3.8, 4) is 0 Å². The second-order valence-electron chi connectivity index (χ2n) is 4.12. The Balaban J connectivity index is 2.18. The molecule has 0 aromatic heterocycles. The number of esters is 1. The molecule has 1 aliphatic heterocycles. The Morgan fingerprint density at radius 3 is 2.82 bits per heavy atom. The summed E-state index contributed by atoms with van der Waals surface area (Å²) in [5.41, 5.74) is 1.94. The van der Waals surface area contributed by atoms with Crippen molar-refractivity contribution >= 4 is 17.6 Å². The molecule has 0 N–H and O–H groups in total. The average molecular weight is 233 g/mol. The van der Waals surface area contributed by atoms with Gasteiger partial charge in [-0.25, -0.2) is 0 Å². The normalized spacial score (nSPS) is 18.1. The third kappa shape index (κ3) is 2.02. The predicted molar refractivity (Wildman–Crippen MR) is 63.8 cm³/mol. The van der Waals surface area contributed by atoms with Gasteiger partial charge in [-0.15, -0.1) is 0 Å². The molecular formula is C13H15NO3. The van der Waals surface area contributed by atoms with Gasteiger partial charge in [-0.2, -0.15) is 0 Å². The average Bonchev–Trinajstić information content (AvgIpc) is 2.60. The van der Waals surface area contributed by atoms with E-state index in [2.05, 4.69) is 4.74 Å². The summed E-state index contributed by atoms with van der Waals surface area (Å²) in [6, 6.07) is 7.69. The standard InChI is InChI=1S/C13H15NO3/c1-14-11-6-4-3-5-9(11)10(13(14)16)7-8-12(15)17-2/h3-6,10H,7-8H2,1-2H3. The van der Waals surface area contributed by atoms with Crippen LogP contribution in [0.2, 0.25) is 0 Å². The fraction of sp³-hybridized carbons (Fsp3) is 0.385. The Hall–Kier alpha value is -1.84. The van der Waals surface area contributed by atoms with Gasteiger partial charge in [0.2, 0.25) is 5.91 Å². The van der Waals surface area contributed by atoms with Crippen LogP contribution < -0.4 is 4.90 Å². The minimum atomic E-state index is -0.273. The number of rotatable bonds is 3. The Bertz CT molecular complexity index is 456. The van der Waals surface area contributed by atoms with Gasteiger partial charge < -0.3 is 9.64 Å². The zero-order valence-electron chi connectivity index (χ0n) is 9.97. The maximum absolute atomic E-state index is 12.0. The van der Waals surface area contributed by atoms with Crippen LogP contribution in [0, 0.1) is 0 Å². The number of hydrogen-bond acceptors (Lipinski definition) is 3. The first-order valence-electron chi connectivity index (χ1n) is 5.58. The second-order valence-corrected chi connectivity index (χ2v) is 4.12. The molecular weight excluding hydrogens is 218 g/mol. The van der Waals surface area contributed by atoms with E-state index in [1.165, 1.54) is 7.11 Å². The molecule has 0 saturated heterocycles. The molecule has 1 amide bonds. The number of amides is 1. The number of anilines is 1. The van der Waals surface area contributed by atoms with E-state index in [-0.39, 0.29) is 24.2 Å². The number of nitrogens with zero attached hydrogens (tertiary/aromatic N) is 1. The highest BCUT2D eigenvalue weighted by Gasteiger charge is 2.34. The Morgan fingerprint density at radius 1 is 1.41 bits per heavy atom. The molecule has 0 aliphatic carbocycles. The molecule has 0 saturated carbocycles. The number of likely N-dealkylation sites (N-methyl/N-ethyl adjacent to an activating group) is 1. The van der Waals surface area contributed by atoms with E-state index in [1.807, 2.05) is 24.3 Å². The van der Waals surface area contributed by atoms with Gasteiger partial charge in [0.25, 0.3) is 0 Å². The Morgan fingerprint density at radius 2 is 2.12 bits per heavy atom. The zero-order chi connectivity index (χ0) is 12.4. The van der Waals surface area contributed by atoms with Crippen LogP contribution >= 0.6 is 0 Å². The molecule has 0 radical (unpaired) electrons. The summed E-state index contributed by atoms with van der Waals surface area (Å²) >= 11 is 0. The summed E-state index contributed by atoms with van der Waals surface area (Å²) in [7, 11) is 3.12. The van der Waals surface area contributed by atoms with Crippen molar-refractivity contribution in [1.82, 2.24) is 0 Å². The predicted octanol–water partition coefficient (Wildman–Crippen LogP) is 1.70. The number of ether oxygens (including phenoxy) is 1. The molecule has 0 spiro atoms. The van der Waals surface area contributed by atoms with Crippen molar-refractivity contribution in [2.24, 2.45) is 0 Å². The minimum absolute atomic E-state index is 0.0510. The van der Waals surface area contributed by atoms with Crippen molar-refractivity contribution in [1.29, 1.82) is 0 Å². The van der Waals surface area contributed by atoms with Crippen LogP contribution in [0.15, 0.2) is 24.3 Å². The first-order chi connectivity index (χ1) is 8.15. The summed E-state index contributed by atoms with van der Waals surface area (Å²) in [5, 5.41) is 0. The summed E-state index contributed by atoms with van der Waals surface area (Å²) in [4.78, 5) is 24.8. The first-order valence-corrected chi connectivity index (χ1v) is 5.58. The van der Waals surface area contributed by atoms with Gasteiger partial charge in [0.1, 0.15) is 0 Å². The molecule has 1 unspecified atom stereocenters. The molecule has 1 aromatic rings. The third-order valence-electron chi connectivity index (χ3n) is 3.17. The Labute approximate surface area is 100 Å². The van der Waals surface area contributed by atoms with Gasteiger partial charge in [0.05, 0.1) is 13.0 Å². The van der Waals surface area contributed by atoms with Gasteiger partial charge in [0, 0.05) is 19.2 Å². The van der Waals surface area contributed by atoms with Crippen LogP contribution in [0.4, 0.5) is 5.69 Å². The Kier molecular flexibility index (Phi) is 3.13. The van der Waals surface area contributed by atoms with E-state index in [1.54, 1.807) is 11.9 Å². The number of methoxy groups -OCH3 is 1. The molecule has 0 bridgehead atoms. The van der Waals surface area contributed by atoms with E-state index < -0.39 is 0 Å². The lowest BCUT2D eigenvalue weighted by Gasteiger charge is -2.10. The van der Waals surface area contributed by atoms with Gasteiger partial charge >= 0.3 is 5.97 Å². The smallest absolute Gasteiger partial charge is 0.305 e. The third-order valence-corrected chi connectivity index (χ3v) is 3.17. The molecule has 90 valence electrons. The molecule has 4 heteroatoms. The van der Waals surface area contributed by atoms with E-state index >= 15 is 0 Å². The maximum atomic E-state index is 12.0. The topological polar surface area (TPSA) is 46.6 Å². The van der Waals surface area contributed by atoms with E-state index in [4.69, 9.17) is 0 Å². The van der Waals surface area contributed by atoms with Crippen molar-refractivity contribution in [2.45, 2.75) is 18.8 Å². The van der Waals surface area contributed by atoms with Crippen LogP contribution in [-0.2, 0) is 14.3 Å². The molecule has 2 rings (SSSR count). The zero-order valence-corrected chi connectivity index (χ0v) is 9.97. The minimum Gasteiger partial charge on any atom is -0.469 e. The summed E-state index contributed by atoms with van der Waals surface area (Å²) < 4.78 is 4.60. The van der Waals surface area contributed by atoms with E-state index in [9.17, 15) is 9.59 Å². The fourth-order valence-corrected chi connectivity index (χ4v) is 2.22. The highest BCUT2D eigenvalue weighted by Crippen LogP contribution is 2.38. The molecule has 4 nitrogen and oxygen atoms in total. The van der Waals surface area contributed by atoms with Crippen molar-refractivity contribution in [3.05, 3.63) is 29.8 Å². The number of carbonyl (C=O) groups is 2. The van der Waals surface area contributed by atoms with Gasteiger partial charge in [-0.05, 0) is 18.1 Å². The summed E-state index contributed by atoms with van der Waals surface area (Å²) in [5.74, 6) is -0.435. The summed E-state index contributed by atoms with van der Waals surface area (Å²) in [6.07, 6.45) is 0.780. The van der Waals surface area contributed by atoms with Crippen molar-refractivity contribution in [3.63, 3.8) is 0 Å². The second kappa shape index (κ2) is 4.57. The number of benzene rings is 1. The molecule has 1 atom stereocenters. The van der Waals surface area contributed by atoms with Crippen LogP contribution in [0.25, 0.3) is 0 Å². The van der Waals surface area contributed by atoms with Crippen molar-refractivity contribution in [2.75, 3.05) is 19.1 Å². The maximum Gasteiger partial charge on any atom is 0.305 e. The molecule has 17 heavy (non-hydrogen) atoms. The van der Waals surface area contributed by atoms with Crippen LogP contribution in [0.1, 0.15) is 24.3 Å².